The maximum Gasteiger partial charge on any atom is 0.317 e. The number of hydrogen-bond acceptors (Lipinski definition) is 3. The average Bonchev–Trinajstić information content (AvgIpc) is 2.86. The van der Waals surface area contributed by atoms with E-state index in [9.17, 15) is 14.7 Å². The van der Waals surface area contributed by atoms with Gasteiger partial charge in [-0.3, -0.25) is 4.79 Å². The number of carbonyl (C=O) groups is 2. The van der Waals surface area contributed by atoms with Gasteiger partial charge in [0.15, 0.2) is 0 Å². The fourth-order valence-corrected chi connectivity index (χ4v) is 3.49. The zero-order valence-corrected chi connectivity index (χ0v) is 12.6. The van der Waals surface area contributed by atoms with Crippen molar-refractivity contribution in [1.82, 2.24) is 10.2 Å². The molecule has 1 saturated carbocycles. The summed E-state index contributed by atoms with van der Waals surface area (Å²) in [7, 11) is 0. The van der Waals surface area contributed by atoms with Gasteiger partial charge < -0.3 is 20.4 Å². The SMILES string of the molecule is CC1CCN(C(=O)NCC2CCC(C(=O)O)CC2)C1CO. The van der Waals surface area contributed by atoms with Crippen molar-refractivity contribution in [3.8, 4) is 0 Å². The summed E-state index contributed by atoms with van der Waals surface area (Å²) < 4.78 is 0. The van der Waals surface area contributed by atoms with Crippen LogP contribution in [0.25, 0.3) is 0 Å². The fraction of sp³-hybridized carbons (Fsp3) is 0.867. The van der Waals surface area contributed by atoms with Gasteiger partial charge in [0.2, 0.25) is 0 Å². The molecule has 2 atom stereocenters. The van der Waals surface area contributed by atoms with Gasteiger partial charge in [0.25, 0.3) is 0 Å². The Hall–Kier alpha value is -1.30. The van der Waals surface area contributed by atoms with Crippen molar-refractivity contribution >= 4 is 12.0 Å². The minimum absolute atomic E-state index is 0.0122. The molecule has 6 heteroatoms. The van der Waals surface area contributed by atoms with E-state index in [1.165, 1.54) is 0 Å². The third-order valence-corrected chi connectivity index (χ3v) is 5.07. The van der Waals surface area contributed by atoms with Gasteiger partial charge in [0.1, 0.15) is 0 Å². The van der Waals surface area contributed by atoms with Crippen LogP contribution in [-0.4, -0.2) is 52.9 Å². The molecule has 0 aromatic heterocycles. The summed E-state index contributed by atoms with van der Waals surface area (Å²) in [6.45, 7) is 3.37. The highest BCUT2D eigenvalue weighted by Gasteiger charge is 2.34. The predicted octanol–water partition coefficient (Wildman–Crippen LogP) is 1.29. The second-order valence-electron chi connectivity index (χ2n) is 6.45. The summed E-state index contributed by atoms with van der Waals surface area (Å²) in [6.07, 6.45) is 4.06. The van der Waals surface area contributed by atoms with Crippen LogP contribution in [0.3, 0.4) is 0 Å². The minimum Gasteiger partial charge on any atom is -0.481 e. The van der Waals surface area contributed by atoms with Crippen molar-refractivity contribution < 1.29 is 19.8 Å². The van der Waals surface area contributed by atoms with E-state index in [0.717, 1.165) is 19.3 Å². The number of carboxylic acids is 1. The summed E-state index contributed by atoms with van der Waals surface area (Å²) in [5, 5.41) is 21.3. The highest BCUT2D eigenvalue weighted by atomic mass is 16.4. The number of hydrogen-bond donors (Lipinski definition) is 3. The number of urea groups is 1. The third-order valence-electron chi connectivity index (χ3n) is 5.07. The first-order valence-electron chi connectivity index (χ1n) is 7.91. The van der Waals surface area contributed by atoms with Gasteiger partial charge in [-0.1, -0.05) is 6.92 Å². The highest BCUT2D eigenvalue weighted by Crippen LogP contribution is 2.29. The van der Waals surface area contributed by atoms with E-state index in [2.05, 4.69) is 12.2 Å². The van der Waals surface area contributed by atoms with Crippen LogP contribution in [0.15, 0.2) is 0 Å². The Kier molecular flexibility index (Phi) is 5.45. The largest absolute Gasteiger partial charge is 0.481 e. The quantitative estimate of drug-likeness (QED) is 0.729. The first kappa shape index (κ1) is 16.1. The van der Waals surface area contributed by atoms with E-state index in [-0.39, 0.29) is 24.6 Å². The van der Waals surface area contributed by atoms with Crippen LogP contribution >= 0.6 is 0 Å². The lowest BCUT2D eigenvalue weighted by molar-refractivity contribution is -0.143. The van der Waals surface area contributed by atoms with Gasteiger partial charge in [0.05, 0.1) is 18.6 Å². The second-order valence-corrected chi connectivity index (χ2v) is 6.45. The average molecular weight is 298 g/mol. The smallest absolute Gasteiger partial charge is 0.317 e. The van der Waals surface area contributed by atoms with Crippen molar-refractivity contribution in [2.75, 3.05) is 19.7 Å². The number of nitrogens with zero attached hydrogens (tertiary/aromatic N) is 1. The Labute approximate surface area is 125 Å². The molecule has 0 aromatic carbocycles. The number of carbonyl (C=O) groups excluding carboxylic acids is 1. The van der Waals surface area contributed by atoms with E-state index < -0.39 is 5.97 Å². The number of rotatable bonds is 4. The maximum atomic E-state index is 12.2. The van der Waals surface area contributed by atoms with Gasteiger partial charge in [-0.25, -0.2) is 4.79 Å². The van der Waals surface area contributed by atoms with Gasteiger partial charge in [-0.05, 0) is 43.9 Å². The Bertz CT molecular complexity index is 380. The first-order chi connectivity index (χ1) is 10.0. The van der Waals surface area contributed by atoms with Crippen LogP contribution in [0.5, 0.6) is 0 Å². The van der Waals surface area contributed by atoms with Gasteiger partial charge in [-0.15, -0.1) is 0 Å². The number of aliphatic carboxylic acids is 1. The molecule has 2 fully saturated rings. The predicted molar refractivity (Wildman–Crippen MR) is 77.8 cm³/mol. The Balaban J connectivity index is 1.74. The molecule has 1 saturated heterocycles. The summed E-state index contributed by atoms with van der Waals surface area (Å²) >= 11 is 0. The van der Waals surface area contributed by atoms with E-state index in [4.69, 9.17) is 5.11 Å². The number of likely N-dealkylation sites (tertiary alicyclic amines) is 1. The van der Waals surface area contributed by atoms with Gasteiger partial charge in [-0.2, -0.15) is 0 Å². The molecule has 120 valence electrons. The normalized spacial score (nSPS) is 33.0. The number of nitrogens with one attached hydrogen (secondary N) is 1. The Morgan fingerprint density at radius 2 is 1.86 bits per heavy atom. The summed E-state index contributed by atoms with van der Waals surface area (Å²) in [6, 6.07) is -0.175. The Morgan fingerprint density at radius 3 is 2.43 bits per heavy atom. The molecule has 0 bridgehead atoms. The van der Waals surface area contributed by atoms with Crippen LogP contribution < -0.4 is 5.32 Å². The summed E-state index contributed by atoms with van der Waals surface area (Å²) in [5.41, 5.74) is 0. The number of amides is 2. The standard InChI is InChI=1S/C15H26N2O4/c1-10-6-7-17(13(10)9-18)15(21)16-8-11-2-4-12(5-3-11)14(19)20/h10-13,18H,2-9H2,1H3,(H,16,21)(H,19,20). The topological polar surface area (TPSA) is 89.9 Å². The molecule has 1 aliphatic carbocycles. The summed E-state index contributed by atoms with van der Waals surface area (Å²) in [5.74, 6) is -0.201. The minimum atomic E-state index is -0.700. The lowest BCUT2D eigenvalue weighted by Crippen LogP contribution is -2.47. The molecule has 2 unspecified atom stereocenters. The van der Waals surface area contributed by atoms with Crippen molar-refractivity contribution in [2.24, 2.45) is 17.8 Å². The summed E-state index contributed by atoms with van der Waals surface area (Å²) in [4.78, 5) is 24.8. The van der Waals surface area contributed by atoms with Crippen molar-refractivity contribution in [3.05, 3.63) is 0 Å². The van der Waals surface area contributed by atoms with Crippen LogP contribution in [0.4, 0.5) is 4.79 Å². The zero-order valence-electron chi connectivity index (χ0n) is 12.6. The van der Waals surface area contributed by atoms with Gasteiger partial charge >= 0.3 is 12.0 Å². The van der Waals surface area contributed by atoms with E-state index >= 15 is 0 Å². The number of carboxylic acid groups (broad SMARTS) is 1. The van der Waals surface area contributed by atoms with Crippen LogP contribution in [0.2, 0.25) is 0 Å². The molecule has 1 aliphatic heterocycles. The molecule has 6 nitrogen and oxygen atoms in total. The van der Waals surface area contributed by atoms with Crippen molar-refractivity contribution in [3.63, 3.8) is 0 Å². The molecule has 2 amide bonds. The molecular formula is C15H26N2O4. The molecule has 3 N–H and O–H groups in total. The second kappa shape index (κ2) is 7.11. The van der Waals surface area contributed by atoms with E-state index in [0.29, 0.717) is 37.8 Å². The molecule has 0 radical (unpaired) electrons. The number of aliphatic hydroxyl groups is 1. The zero-order chi connectivity index (χ0) is 15.4. The van der Waals surface area contributed by atoms with Crippen LogP contribution in [0.1, 0.15) is 39.0 Å². The molecular weight excluding hydrogens is 272 g/mol. The van der Waals surface area contributed by atoms with Gasteiger partial charge in [0, 0.05) is 13.1 Å². The van der Waals surface area contributed by atoms with E-state index in [1.807, 2.05) is 0 Å². The molecule has 2 aliphatic rings. The van der Waals surface area contributed by atoms with Crippen LogP contribution in [-0.2, 0) is 4.79 Å². The fourth-order valence-electron chi connectivity index (χ4n) is 3.49. The third kappa shape index (κ3) is 3.87. The molecule has 2 rings (SSSR count). The monoisotopic (exact) mass is 298 g/mol. The van der Waals surface area contributed by atoms with Crippen molar-refractivity contribution in [2.45, 2.75) is 45.1 Å². The maximum absolute atomic E-state index is 12.2. The van der Waals surface area contributed by atoms with E-state index in [1.54, 1.807) is 4.90 Å². The molecule has 1 heterocycles. The number of aliphatic hydroxyl groups excluding tert-OH is 1. The molecule has 0 spiro atoms. The van der Waals surface area contributed by atoms with Crippen LogP contribution in [0, 0.1) is 17.8 Å². The highest BCUT2D eigenvalue weighted by molar-refractivity contribution is 5.75. The molecule has 21 heavy (non-hydrogen) atoms. The Morgan fingerprint density at radius 1 is 1.19 bits per heavy atom. The lowest BCUT2D eigenvalue weighted by Gasteiger charge is -2.29. The molecule has 0 aromatic rings. The van der Waals surface area contributed by atoms with Crippen molar-refractivity contribution in [1.29, 1.82) is 0 Å². The first-order valence-corrected chi connectivity index (χ1v) is 7.91. The lowest BCUT2D eigenvalue weighted by atomic mass is 9.82.